The Morgan fingerprint density at radius 1 is 1.40 bits per heavy atom. The second-order valence-corrected chi connectivity index (χ2v) is 5.54. The van der Waals surface area contributed by atoms with E-state index in [1.807, 2.05) is 6.07 Å². The van der Waals surface area contributed by atoms with Crippen LogP contribution in [-0.2, 0) is 4.74 Å². The van der Waals surface area contributed by atoms with Crippen LogP contribution in [0.2, 0.25) is 10.0 Å². The Labute approximate surface area is 128 Å². The molecule has 4 nitrogen and oxygen atoms in total. The normalized spacial score (nSPS) is 11.9. The minimum atomic E-state index is 0.403. The second-order valence-electron chi connectivity index (χ2n) is 4.70. The van der Waals surface area contributed by atoms with E-state index >= 15 is 0 Å². The molecule has 0 saturated carbocycles. The zero-order valence-corrected chi connectivity index (χ0v) is 12.8. The van der Waals surface area contributed by atoms with Crippen molar-refractivity contribution in [3.63, 3.8) is 0 Å². The molecule has 0 bridgehead atoms. The first-order valence-corrected chi connectivity index (χ1v) is 6.96. The monoisotopic (exact) mass is 311 g/mol. The second kappa shape index (κ2) is 6.77. The van der Waals surface area contributed by atoms with Gasteiger partial charge in [0, 0.05) is 10.6 Å². The van der Waals surface area contributed by atoms with Crippen LogP contribution in [0, 0.1) is 5.92 Å². The van der Waals surface area contributed by atoms with Gasteiger partial charge in [0.05, 0.1) is 17.8 Å². The van der Waals surface area contributed by atoms with Crippen LogP contribution in [-0.4, -0.2) is 21.4 Å². The zero-order chi connectivity index (χ0) is 14.5. The molecule has 0 fully saturated rings. The highest BCUT2D eigenvalue weighted by Crippen LogP contribution is 2.28. The van der Waals surface area contributed by atoms with Crippen molar-refractivity contribution in [1.29, 1.82) is 0 Å². The fraction of sp³-hybridized carbons (Fsp3) is 0.286. The third-order valence-electron chi connectivity index (χ3n) is 2.45. The molecule has 0 aliphatic heterocycles. The standard InChI is InChI=1S/C14H15Cl2N3O/c1-10(2)7-20-14(6-19-9-17-8-18-19)12-4-3-11(15)5-13(12)16/h3-6,8-10H,7H2,1-2H3. The first kappa shape index (κ1) is 14.9. The lowest BCUT2D eigenvalue weighted by Gasteiger charge is -2.14. The summed E-state index contributed by atoms with van der Waals surface area (Å²) in [5.41, 5.74) is 0.771. The molecule has 0 atom stereocenters. The summed E-state index contributed by atoms with van der Waals surface area (Å²) in [6, 6.07) is 5.29. The van der Waals surface area contributed by atoms with Gasteiger partial charge in [-0.15, -0.1) is 0 Å². The molecule has 0 N–H and O–H groups in total. The molecule has 2 rings (SSSR count). The Balaban J connectivity index is 2.35. The summed E-state index contributed by atoms with van der Waals surface area (Å²) in [6.45, 7) is 4.74. The van der Waals surface area contributed by atoms with E-state index < -0.39 is 0 Å². The Kier molecular flexibility index (Phi) is 5.04. The molecule has 6 heteroatoms. The van der Waals surface area contributed by atoms with Gasteiger partial charge in [-0.05, 0) is 24.1 Å². The van der Waals surface area contributed by atoms with Gasteiger partial charge >= 0.3 is 0 Å². The van der Waals surface area contributed by atoms with Gasteiger partial charge in [0.25, 0.3) is 0 Å². The van der Waals surface area contributed by atoms with Gasteiger partial charge in [0.2, 0.25) is 0 Å². The summed E-state index contributed by atoms with van der Waals surface area (Å²) in [5.74, 6) is 1.03. The number of halogens is 2. The number of nitrogens with zero attached hydrogens (tertiary/aromatic N) is 3. The maximum atomic E-state index is 6.23. The molecule has 0 amide bonds. The first-order chi connectivity index (χ1) is 9.56. The SMILES string of the molecule is CC(C)COC(=Cn1cncn1)c1ccc(Cl)cc1Cl. The van der Waals surface area contributed by atoms with E-state index in [1.54, 1.807) is 29.3 Å². The lowest BCUT2D eigenvalue weighted by molar-refractivity contribution is 0.236. The molecule has 1 heterocycles. The van der Waals surface area contributed by atoms with Crippen LogP contribution in [0.15, 0.2) is 30.9 Å². The molecule has 0 spiro atoms. The predicted molar refractivity (Wildman–Crippen MR) is 81.4 cm³/mol. The first-order valence-electron chi connectivity index (χ1n) is 6.20. The van der Waals surface area contributed by atoms with E-state index in [4.69, 9.17) is 27.9 Å². The van der Waals surface area contributed by atoms with Crippen molar-refractivity contribution in [2.45, 2.75) is 13.8 Å². The Morgan fingerprint density at radius 3 is 2.80 bits per heavy atom. The van der Waals surface area contributed by atoms with Gasteiger partial charge in [0.1, 0.15) is 18.4 Å². The highest BCUT2D eigenvalue weighted by Gasteiger charge is 2.10. The van der Waals surface area contributed by atoms with Crippen molar-refractivity contribution in [3.8, 4) is 0 Å². The van der Waals surface area contributed by atoms with Crippen molar-refractivity contribution < 1.29 is 4.74 Å². The molecular formula is C14H15Cl2N3O. The fourth-order valence-corrected chi connectivity index (χ4v) is 2.04. The van der Waals surface area contributed by atoms with Gasteiger partial charge in [-0.2, -0.15) is 5.10 Å². The summed E-state index contributed by atoms with van der Waals surface area (Å²) < 4.78 is 7.40. The predicted octanol–water partition coefficient (Wildman–Crippen LogP) is 4.21. The highest BCUT2D eigenvalue weighted by molar-refractivity contribution is 6.35. The Hall–Kier alpha value is -1.52. The lowest BCUT2D eigenvalue weighted by Crippen LogP contribution is -2.03. The summed E-state index contributed by atoms with van der Waals surface area (Å²) in [7, 11) is 0. The zero-order valence-electron chi connectivity index (χ0n) is 11.3. The molecule has 1 aromatic heterocycles. The molecule has 0 radical (unpaired) electrons. The minimum Gasteiger partial charge on any atom is -0.491 e. The van der Waals surface area contributed by atoms with Crippen LogP contribution < -0.4 is 0 Å². The van der Waals surface area contributed by atoms with Crippen LogP contribution in [0.25, 0.3) is 12.0 Å². The van der Waals surface area contributed by atoms with E-state index in [0.29, 0.717) is 28.3 Å². The van der Waals surface area contributed by atoms with Crippen molar-refractivity contribution in [2.75, 3.05) is 6.61 Å². The summed E-state index contributed by atoms with van der Waals surface area (Å²) in [4.78, 5) is 3.90. The number of rotatable bonds is 5. The van der Waals surface area contributed by atoms with Gasteiger partial charge < -0.3 is 4.74 Å². The molecule has 20 heavy (non-hydrogen) atoms. The fourth-order valence-electron chi connectivity index (χ4n) is 1.53. The van der Waals surface area contributed by atoms with Gasteiger partial charge in [0.15, 0.2) is 0 Å². The highest BCUT2D eigenvalue weighted by atomic mass is 35.5. The molecule has 0 aliphatic rings. The van der Waals surface area contributed by atoms with E-state index in [2.05, 4.69) is 23.9 Å². The van der Waals surface area contributed by atoms with Gasteiger partial charge in [-0.25, -0.2) is 9.67 Å². The van der Waals surface area contributed by atoms with Crippen LogP contribution in [0.1, 0.15) is 19.4 Å². The molecule has 2 aromatic rings. The lowest BCUT2D eigenvalue weighted by atomic mass is 10.2. The maximum absolute atomic E-state index is 6.23. The average Bonchev–Trinajstić information content (AvgIpc) is 2.87. The largest absolute Gasteiger partial charge is 0.491 e. The van der Waals surface area contributed by atoms with Gasteiger partial charge in [-0.3, -0.25) is 0 Å². The molecule has 0 aliphatic carbocycles. The summed E-state index contributed by atoms with van der Waals surface area (Å²) in [6.07, 6.45) is 4.78. The number of ether oxygens (including phenoxy) is 1. The van der Waals surface area contributed by atoms with Crippen molar-refractivity contribution in [2.24, 2.45) is 5.92 Å². The number of hydrogen-bond donors (Lipinski definition) is 0. The molecule has 0 unspecified atom stereocenters. The van der Waals surface area contributed by atoms with Crippen LogP contribution in [0.4, 0.5) is 0 Å². The third-order valence-corrected chi connectivity index (χ3v) is 3.00. The van der Waals surface area contributed by atoms with Crippen LogP contribution in [0.5, 0.6) is 0 Å². The minimum absolute atomic E-state index is 0.403. The van der Waals surface area contributed by atoms with E-state index in [0.717, 1.165) is 5.56 Å². The summed E-state index contributed by atoms with van der Waals surface area (Å²) in [5, 5.41) is 5.16. The topological polar surface area (TPSA) is 39.9 Å². The van der Waals surface area contributed by atoms with Crippen LogP contribution >= 0.6 is 23.2 Å². The smallest absolute Gasteiger partial charge is 0.146 e. The van der Waals surface area contributed by atoms with Gasteiger partial charge in [-0.1, -0.05) is 37.0 Å². The molecule has 106 valence electrons. The number of hydrogen-bond acceptors (Lipinski definition) is 3. The molecule has 0 saturated heterocycles. The number of aromatic nitrogens is 3. The van der Waals surface area contributed by atoms with E-state index in [-0.39, 0.29) is 0 Å². The average molecular weight is 312 g/mol. The summed E-state index contributed by atoms with van der Waals surface area (Å²) >= 11 is 12.1. The van der Waals surface area contributed by atoms with E-state index in [1.165, 1.54) is 6.33 Å². The Morgan fingerprint density at radius 2 is 2.20 bits per heavy atom. The quantitative estimate of drug-likeness (QED) is 0.776. The van der Waals surface area contributed by atoms with Crippen molar-refractivity contribution >= 4 is 35.2 Å². The van der Waals surface area contributed by atoms with Crippen LogP contribution in [0.3, 0.4) is 0 Å². The molecular weight excluding hydrogens is 297 g/mol. The number of benzene rings is 1. The third kappa shape index (κ3) is 3.99. The van der Waals surface area contributed by atoms with Crippen molar-refractivity contribution in [1.82, 2.24) is 14.8 Å². The maximum Gasteiger partial charge on any atom is 0.146 e. The van der Waals surface area contributed by atoms with Crippen molar-refractivity contribution in [3.05, 3.63) is 46.5 Å². The molecule has 1 aromatic carbocycles. The van der Waals surface area contributed by atoms with E-state index in [9.17, 15) is 0 Å². The Bertz CT molecular complexity index is 594.